The summed E-state index contributed by atoms with van der Waals surface area (Å²) >= 11 is 12.8. The maximum atomic E-state index is 13.4. The zero-order valence-electron chi connectivity index (χ0n) is 10.0. The quantitative estimate of drug-likeness (QED) is 0.667. The van der Waals surface area contributed by atoms with Crippen molar-refractivity contribution in [2.24, 2.45) is 0 Å². The van der Waals surface area contributed by atoms with Crippen LogP contribution in [0.5, 0.6) is 0 Å². The number of aromatic nitrogens is 2. The molecule has 0 radical (unpaired) electrons. The first-order valence-corrected chi connectivity index (χ1v) is 7.33. The molecule has 0 unspecified atom stereocenters. The molecule has 0 saturated heterocycles. The number of halogens is 2. The minimum absolute atomic E-state index is 0.109. The molecule has 2 heterocycles. The van der Waals surface area contributed by atoms with Crippen molar-refractivity contribution in [1.82, 2.24) is 9.55 Å². The van der Waals surface area contributed by atoms with Gasteiger partial charge in [-0.05, 0) is 42.2 Å². The molecule has 0 bridgehead atoms. The Hall–Kier alpha value is -1.17. The number of aromatic amines is 1. The Balaban J connectivity index is 2.18. The second-order valence-electron chi connectivity index (χ2n) is 4.33. The molecular formula is C13H10ClFN2S2. The Morgan fingerprint density at radius 3 is 2.95 bits per heavy atom. The Labute approximate surface area is 123 Å². The summed E-state index contributed by atoms with van der Waals surface area (Å²) in [5, 5.41) is 2.16. The first kappa shape index (κ1) is 12.8. The van der Waals surface area contributed by atoms with Crippen LogP contribution in [0.4, 0.5) is 4.39 Å². The molecule has 19 heavy (non-hydrogen) atoms. The predicted molar refractivity (Wildman–Crippen MR) is 80.2 cm³/mol. The van der Waals surface area contributed by atoms with E-state index in [1.807, 2.05) is 4.57 Å². The summed E-state index contributed by atoms with van der Waals surface area (Å²) in [6.07, 6.45) is 0. The van der Waals surface area contributed by atoms with Crippen LogP contribution in [0.2, 0.25) is 5.02 Å². The van der Waals surface area contributed by atoms with Crippen LogP contribution in [0.25, 0.3) is 11.0 Å². The molecule has 0 atom stereocenters. The summed E-state index contributed by atoms with van der Waals surface area (Å²) in [7, 11) is 0. The summed E-state index contributed by atoms with van der Waals surface area (Å²) in [5.74, 6) is -0.440. The van der Waals surface area contributed by atoms with Gasteiger partial charge in [-0.1, -0.05) is 11.6 Å². The van der Waals surface area contributed by atoms with Gasteiger partial charge >= 0.3 is 0 Å². The van der Waals surface area contributed by atoms with Gasteiger partial charge in [0.25, 0.3) is 0 Å². The maximum Gasteiger partial charge on any atom is 0.178 e. The van der Waals surface area contributed by atoms with Crippen molar-refractivity contribution >= 4 is 46.2 Å². The first-order valence-electron chi connectivity index (χ1n) is 5.67. The lowest BCUT2D eigenvalue weighted by atomic mass is 10.2. The van der Waals surface area contributed by atoms with Gasteiger partial charge in [-0.3, -0.25) is 0 Å². The number of hydrogen-bond acceptors (Lipinski definition) is 2. The number of hydrogen-bond donors (Lipinski definition) is 1. The number of imidazole rings is 1. The molecule has 0 saturated carbocycles. The van der Waals surface area contributed by atoms with Crippen molar-refractivity contribution in [2.45, 2.75) is 13.5 Å². The lowest BCUT2D eigenvalue weighted by Crippen LogP contribution is -1.99. The third kappa shape index (κ3) is 2.22. The molecule has 0 spiro atoms. The smallest absolute Gasteiger partial charge is 0.178 e. The number of thiophene rings is 1. The average Bonchev–Trinajstić information content (AvgIpc) is 2.88. The standard InChI is InChI=1S/C13H10ClFN2S2/c1-7-2-3-19-12(7)6-17-11-4-8(14)9(15)5-10(11)16-13(17)18/h2-5H,6H2,1H3,(H,16,18). The highest BCUT2D eigenvalue weighted by Gasteiger charge is 2.10. The second kappa shape index (κ2) is 4.74. The highest BCUT2D eigenvalue weighted by molar-refractivity contribution is 7.71. The van der Waals surface area contributed by atoms with Crippen molar-refractivity contribution in [3.05, 3.63) is 49.6 Å². The van der Waals surface area contributed by atoms with E-state index in [0.717, 1.165) is 5.52 Å². The topological polar surface area (TPSA) is 20.7 Å². The Bertz CT molecular complexity index is 816. The van der Waals surface area contributed by atoms with Crippen LogP contribution in [0, 0.1) is 17.5 Å². The van der Waals surface area contributed by atoms with Crippen molar-refractivity contribution in [3.8, 4) is 0 Å². The van der Waals surface area contributed by atoms with E-state index in [9.17, 15) is 4.39 Å². The highest BCUT2D eigenvalue weighted by Crippen LogP contribution is 2.25. The van der Waals surface area contributed by atoms with E-state index in [0.29, 0.717) is 16.8 Å². The Morgan fingerprint density at radius 1 is 1.47 bits per heavy atom. The van der Waals surface area contributed by atoms with Gasteiger partial charge in [-0.2, -0.15) is 0 Å². The maximum absolute atomic E-state index is 13.4. The molecule has 1 N–H and O–H groups in total. The highest BCUT2D eigenvalue weighted by atomic mass is 35.5. The predicted octanol–water partition coefficient (Wildman–Crippen LogP) is 4.91. The summed E-state index contributed by atoms with van der Waals surface area (Å²) in [5.41, 5.74) is 2.72. The summed E-state index contributed by atoms with van der Waals surface area (Å²) < 4.78 is 16.0. The van der Waals surface area contributed by atoms with Crippen LogP contribution in [0.15, 0.2) is 23.6 Å². The normalized spacial score (nSPS) is 11.3. The van der Waals surface area contributed by atoms with Gasteiger partial charge in [0, 0.05) is 10.9 Å². The molecule has 3 rings (SSSR count). The number of nitrogens with zero attached hydrogens (tertiary/aromatic N) is 1. The summed E-state index contributed by atoms with van der Waals surface area (Å²) in [6, 6.07) is 5.07. The Kier molecular flexibility index (Phi) is 3.20. The van der Waals surface area contributed by atoms with E-state index in [2.05, 4.69) is 23.4 Å². The number of benzene rings is 1. The summed E-state index contributed by atoms with van der Waals surface area (Å²) in [4.78, 5) is 4.24. The minimum atomic E-state index is -0.440. The molecule has 0 aliphatic heterocycles. The van der Waals surface area contributed by atoms with Crippen LogP contribution < -0.4 is 0 Å². The third-order valence-electron chi connectivity index (χ3n) is 3.09. The van der Waals surface area contributed by atoms with Crippen LogP contribution in [0.1, 0.15) is 10.4 Å². The molecule has 2 aromatic heterocycles. The molecule has 0 fully saturated rings. The molecule has 2 nitrogen and oxygen atoms in total. The second-order valence-corrected chi connectivity index (χ2v) is 6.12. The third-order valence-corrected chi connectivity index (χ3v) is 4.71. The minimum Gasteiger partial charge on any atom is -0.330 e. The van der Waals surface area contributed by atoms with E-state index in [-0.39, 0.29) is 5.02 Å². The SMILES string of the molecule is Cc1ccsc1Cn1c(=S)[nH]c2cc(F)c(Cl)cc21. The van der Waals surface area contributed by atoms with Crippen LogP contribution in [-0.4, -0.2) is 9.55 Å². The number of H-pyrrole nitrogens is 1. The Morgan fingerprint density at radius 2 is 2.26 bits per heavy atom. The molecule has 0 aliphatic rings. The van der Waals surface area contributed by atoms with Gasteiger partial charge in [-0.25, -0.2) is 4.39 Å². The van der Waals surface area contributed by atoms with Gasteiger partial charge in [0.2, 0.25) is 0 Å². The van der Waals surface area contributed by atoms with Crippen molar-refractivity contribution in [2.75, 3.05) is 0 Å². The average molecular weight is 313 g/mol. The molecule has 98 valence electrons. The van der Waals surface area contributed by atoms with E-state index in [4.69, 9.17) is 23.8 Å². The van der Waals surface area contributed by atoms with Gasteiger partial charge in [0.1, 0.15) is 5.82 Å². The zero-order valence-corrected chi connectivity index (χ0v) is 12.4. The summed E-state index contributed by atoms with van der Waals surface area (Å²) in [6.45, 7) is 2.74. The van der Waals surface area contributed by atoms with Crippen molar-refractivity contribution < 1.29 is 4.39 Å². The van der Waals surface area contributed by atoms with Crippen LogP contribution >= 0.6 is 35.2 Å². The first-order chi connectivity index (χ1) is 9.06. The number of rotatable bonds is 2. The van der Waals surface area contributed by atoms with Gasteiger partial charge in [0.15, 0.2) is 4.77 Å². The van der Waals surface area contributed by atoms with E-state index < -0.39 is 5.82 Å². The molecule has 1 aromatic carbocycles. The fourth-order valence-electron chi connectivity index (χ4n) is 2.02. The van der Waals surface area contributed by atoms with E-state index in [1.165, 1.54) is 16.5 Å². The van der Waals surface area contributed by atoms with Gasteiger partial charge in [0.05, 0.1) is 22.6 Å². The number of aryl methyl sites for hydroxylation is 1. The lowest BCUT2D eigenvalue weighted by molar-refractivity contribution is 0.629. The van der Waals surface area contributed by atoms with Crippen LogP contribution in [-0.2, 0) is 6.54 Å². The zero-order chi connectivity index (χ0) is 13.6. The molecule has 6 heteroatoms. The molecule has 0 amide bonds. The molecular weight excluding hydrogens is 303 g/mol. The largest absolute Gasteiger partial charge is 0.330 e. The van der Waals surface area contributed by atoms with Gasteiger partial charge < -0.3 is 9.55 Å². The van der Waals surface area contributed by atoms with Crippen molar-refractivity contribution in [1.29, 1.82) is 0 Å². The molecule has 3 aromatic rings. The van der Waals surface area contributed by atoms with Gasteiger partial charge in [-0.15, -0.1) is 11.3 Å². The fraction of sp³-hybridized carbons (Fsp3) is 0.154. The van der Waals surface area contributed by atoms with E-state index in [1.54, 1.807) is 17.4 Å². The lowest BCUT2D eigenvalue weighted by Gasteiger charge is -2.04. The fourth-order valence-corrected chi connectivity index (χ4v) is 3.34. The monoisotopic (exact) mass is 312 g/mol. The van der Waals surface area contributed by atoms with Crippen LogP contribution in [0.3, 0.4) is 0 Å². The number of nitrogens with one attached hydrogen (secondary N) is 1. The molecule has 0 aliphatic carbocycles. The van der Waals surface area contributed by atoms with Crippen molar-refractivity contribution in [3.63, 3.8) is 0 Å². The van der Waals surface area contributed by atoms with E-state index >= 15 is 0 Å². The number of fused-ring (bicyclic) bond motifs is 1.